The summed E-state index contributed by atoms with van der Waals surface area (Å²) < 4.78 is 17.1. The van der Waals surface area contributed by atoms with Crippen molar-refractivity contribution >= 4 is 12.4 Å². The first-order valence-electron chi connectivity index (χ1n) is 4.33. The number of hydrogen-bond donors (Lipinski definition) is 1. The number of ether oxygens (including phenoxy) is 1. The normalized spacial score (nSPS) is 11.4. The second-order valence-electron chi connectivity index (χ2n) is 3.48. The first-order chi connectivity index (χ1) is 6.50. The van der Waals surface area contributed by atoms with Crippen LogP contribution in [-0.2, 0) is 11.2 Å². The maximum absolute atomic E-state index is 12.0. The van der Waals surface area contributed by atoms with Gasteiger partial charge in [0.05, 0.1) is 19.0 Å². The first-order valence-corrected chi connectivity index (χ1v) is 6.93. The highest BCUT2D eigenvalue weighted by Gasteiger charge is 2.20. The van der Waals surface area contributed by atoms with Crippen molar-refractivity contribution in [3.8, 4) is 5.75 Å². The Morgan fingerprint density at radius 2 is 2.07 bits per heavy atom. The summed E-state index contributed by atoms with van der Waals surface area (Å²) in [7, 11) is -0.874. The molecule has 0 aromatic heterocycles. The summed E-state index contributed by atoms with van der Waals surface area (Å²) in [6.07, 6.45) is 0. The SMILES string of the molecule is COc1cccc(CO)c1P(C)(C)=O. The lowest BCUT2D eigenvalue weighted by molar-refractivity contribution is 0.282. The third-order valence-electron chi connectivity index (χ3n) is 2.01. The second-order valence-corrected chi connectivity index (χ2v) is 6.63. The van der Waals surface area contributed by atoms with Crippen LogP contribution in [0.25, 0.3) is 0 Å². The van der Waals surface area contributed by atoms with Crippen molar-refractivity contribution in [3.63, 3.8) is 0 Å². The van der Waals surface area contributed by atoms with Crippen molar-refractivity contribution in [3.05, 3.63) is 23.8 Å². The molecule has 0 saturated heterocycles. The molecule has 0 spiro atoms. The van der Waals surface area contributed by atoms with Gasteiger partial charge < -0.3 is 14.4 Å². The zero-order chi connectivity index (χ0) is 10.8. The lowest BCUT2D eigenvalue weighted by atomic mass is 10.2. The smallest absolute Gasteiger partial charge is 0.129 e. The molecule has 4 heteroatoms. The van der Waals surface area contributed by atoms with Crippen LogP contribution in [-0.4, -0.2) is 25.5 Å². The van der Waals surface area contributed by atoms with E-state index in [-0.39, 0.29) is 6.61 Å². The van der Waals surface area contributed by atoms with Crippen molar-refractivity contribution < 1.29 is 14.4 Å². The molecule has 1 rings (SSSR count). The molecule has 0 aliphatic heterocycles. The monoisotopic (exact) mass is 214 g/mol. The third kappa shape index (κ3) is 2.17. The lowest BCUT2D eigenvalue weighted by Crippen LogP contribution is -2.13. The predicted octanol–water partition coefficient (Wildman–Crippen LogP) is 1.44. The Balaban J connectivity index is 3.42. The number of aliphatic hydroxyl groups excluding tert-OH is 1. The Hall–Kier alpha value is -0.790. The molecule has 0 heterocycles. The molecule has 0 amide bonds. The molecule has 0 bridgehead atoms. The standard InChI is InChI=1S/C10H15O3P/c1-13-9-6-4-5-8(7-11)10(9)14(2,3)12/h4-6,11H,7H2,1-3H3. The topological polar surface area (TPSA) is 46.5 Å². The van der Waals surface area contributed by atoms with E-state index in [0.717, 1.165) is 0 Å². The van der Waals surface area contributed by atoms with Gasteiger partial charge in [-0.15, -0.1) is 0 Å². The summed E-state index contributed by atoms with van der Waals surface area (Å²) >= 11 is 0. The summed E-state index contributed by atoms with van der Waals surface area (Å²) in [5, 5.41) is 9.77. The molecular weight excluding hydrogens is 199 g/mol. The molecular formula is C10H15O3P. The Kier molecular flexibility index (Phi) is 3.35. The molecule has 0 atom stereocenters. The van der Waals surface area contributed by atoms with Crippen LogP contribution in [0.3, 0.4) is 0 Å². The van der Waals surface area contributed by atoms with Gasteiger partial charge in [-0.1, -0.05) is 12.1 Å². The molecule has 0 radical (unpaired) electrons. The van der Waals surface area contributed by atoms with Gasteiger partial charge in [0.1, 0.15) is 12.9 Å². The largest absolute Gasteiger partial charge is 0.496 e. The van der Waals surface area contributed by atoms with Crippen molar-refractivity contribution in [2.75, 3.05) is 20.4 Å². The Labute approximate surface area is 84.1 Å². The van der Waals surface area contributed by atoms with Gasteiger partial charge in [0.15, 0.2) is 0 Å². The quantitative estimate of drug-likeness (QED) is 0.774. The Bertz CT molecular complexity index is 345. The summed E-state index contributed by atoms with van der Waals surface area (Å²) in [6.45, 7) is 3.23. The summed E-state index contributed by atoms with van der Waals surface area (Å²) in [5.74, 6) is 0.588. The molecule has 3 nitrogen and oxygen atoms in total. The van der Waals surface area contributed by atoms with Gasteiger partial charge in [-0.25, -0.2) is 0 Å². The highest BCUT2D eigenvalue weighted by atomic mass is 31.2. The predicted molar refractivity (Wildman–Crippen MR) is 58.0 cm³/mol. The van der Waals surface area contributed by atoms with Crippen LogP contribution < -0.4 is 10.0 Å². The Morgan fingerprint density at radius 3 is 2.50 bits per heavy atom. The van der Waals surface area contributed by atoms with Crippen LogP contribution in [0.4, 0.5) is 0 Å². The van der Waals surface area contributed by atoms with Crippen LogP contribution in [0.2, 0.25) is 0 Å². The highest BCUT2D eigenvalue weighted by Crippen LogP contribution is 2.39. The molecule has 1 N–H and O–H groups in total. The molecule has 0 aliphatic rings. The lowest BCUT2D eigenvalue weighted by Gasteiger charge is -2.15. The molecule has 1 aromatic carbocycles. The molecule has 78 valence electrons. The fourth-order valence-electron chi connectivity index (χ4n) is 1.47. The second kappa shape index (κ2) is 4.16. The van der Waals surface area contributed by atoms with E-state index in [2.05, 4.69) is 0 Å². The van der Waals surface area contributed by atoms with Crippen LogP contribution in [0.5, 0.6) is 5.75 Å². The van der Waals surface area contributed by atoms with Gasteiger partial charge in [-0.3, -0.25) is 0 Å². The van der Waals surface area contributed by atoms with Crippen LogP contribution in [0.1, 0.15) is 5.56 Å². The van der Waals surface area contributed by atoms with E-state index < -0.39 is 7.14 Å². The van der Waals surface area contributed by atoms with Gasteiger partial charge in [-0.2, -0.15) is 0 Å². The minimum absolute atomic E-state index is 0.113. The molecule has 0 saturated carbocycles. The number of aliphatic hydroxyl groups is 1. The van der Waals surface area contributed by atoms with Crippen LogP contribution in [0, 0.1) is 0 Å². The number of benzene rings is 1. The van der Waals surface area contributed by atoms with E-state index >= 15 is 0 Å². The fourth-order valence-corrected chi connectivity index (χ4v) is 3.00. The maximum atomic E-state index is 12.0. The molecule has 0 fully saturated rings. The van der Waals surface area contributed by atoms with Gasteiger partial charge in [0.25, 0.3) is 0 Å². The van der Waals surface area contributed by atoms with Crippen LogP contribution >= 0.6 is 7.14 Å². The van der Waals surface area contributed by atoms with Crippen LogP contribution in [0.15, 0.2) is 18.2 Å². The molecule has 14 heavy (non-hydrogen) atoms. The van der Waals surface area contributed by atoms with E-state index in [1.165, 1.54) is 7.11 Å². The zero-order valence-electron chi connectivity index (χ0n) is 8.65. The molecule has 1 aromatic rings. The number of hydrogen-bond acceptors (Lipinski definition) is 3. The van der Waals surface area contributed by atoms with Gasteiger partial charge in [0.2, 0.25) is 0 Å². The number of rotatable bonds is 3. The van der Waals surface area contributed by atoms with Gasteiger partial charge >= 0.3 is 0 Å². The van der Waals surface area contributed by atoms with E-state index in [9.17, 15) is 4.57 Å². The van der Waals surface area contributed by atoms with Crippen molar-refractivity contribution in [1.29, 1.82) is 0 Å². The minimum Gasteiger partial charge on any atom is -0.496 e. The van der Waals surface area contributed by atoms with Crippen molar-refractivity contribution in [2.45, 2.75) is 6.61 Å². The van der Waals surface area contributed by atoms with Gasteiger partial charge in [-0.05, 0) is 25.0 Å². The minimum atomic E-state index is -2.41. The highest BCUT2D eigenvalue weighted by molar-refractivity contribution is 7.70. The van der Waals surface area contributed by atoms with E-state index in [1.54, 1.807) is 31.5 Å². The maximum Gasteiger partial charge on any atom is 0.129 e. The van der Waals surface area contributed by atoms with E-state index in [4.69, 9.17) is 9.84 Å². The molecule has 0 unspecified atom stereocenters. The average Bonchev–Trinajstić information content (AvgIpc) is 2.15. The average molecular weight is 214 g/mol. The van der Waals surface area contributed by atoms with Gasteiger partial charge in [0, 0.05) is 0 Å². The summed E-state index contributed by atoms with van der Waals surface area (Å²) in [4.78, 5) is 0. The van der Waals surface area contributed by atoms with Crippen molar-refractivity contribution in [1.82, 2.24) is 0 Å². The Morgan fingerprint density at radius 1 is 1.43 bits per heavy atom. The third-order valence-corrected chi connectivity index (χ3v) is 3.60. The van der Waals surface area contributed by atoms with E-state index in [1.807, 2.05) is 0 Å². The summed E-state index contributed by atoms with van der Waals surface area (Å²) in [6, 6.07) is 5.30. The first kappa shape index (κ1) is 11.3. The fraction of sp³-hybridized carbons (Fsp3) is 0.400. The number of methoxy groups -OCH3 is 1. The van der Waals surface area contributed by atoms with Crippen molar-refractivity contribution in [2.24, 2.45) is 0 Å². The van der Waals surface area contributed by atoms with E-state index in [0.29, 0.717) is 16.6 Å². The summed E-state index contributed by atoms with van der Waals surface area (Å²) in [5.41, 5.74) is 0.678. The zero-order valence-corrected chi connectivity index (χ0v) is 9.54. The molecule has 0 aliphatic carbocycles.